The van der Waals surface area contributed by atoms with Crippen LogP contribution in [-0.4, -0.2) is 18.0 Å². The lowest BCUT2D eigenvalue weighted by molar-refractivity contribution is -0.123. The second-order valence-corrected chi connectivity index (χ2v) is 7.79. The molecular formula is C27H23NO6. The second-order valence-electron chi connectivity index (χ2n) is 7.79. The summed E-state index contributed by atoms with van der Waals surface area (Å²) in [6.45, 7) is 3.63. The fraction of sp³-hybridized carbons (Fsp3) is 0.148. The summed E-state index contributed by atoms with van der Waals surface area (Å²) in [7, 11) is 0. The summed E-state index contributed by atoms with van der Waals surface area (Å²) in [6, 6.07) is 22.5. The third-order valence-electron chi connectivity index (χ3n) is 5.21. The predicted molar refractivity (Wildman–Crippen MR) is 128 cm³/mol. The van der Waals surface area contributed by atoms with Gasteiger partial charge in [0.15, 0.2) is 6.10 Å². The lowest BCUT2D eigenvalue weighted by atomic mass is 10.1. The summed E-state index contributed by atoms with van der Waals surface area (Å²) in [5, 5.41) is 3.55. The van der Waals surface area contributed by atoms with Gasteiger partial charge in [-0.2, -0.15) is 0 Å². The average molecular weight is 457 g/mol. The molecule has 1 N–H and O–H groups in total. The van der Waals surface area contributed by atoms with Gasteiger partial charge in [0.25, 0.3) is 5.91 Å². The Morgan fingerprint density at radius 2 is 1.71 bits per heavy atom. The average Bonchev–Trinajstić information content (AvgIpc) is 2.83. The minimum absolute atomic E-state index is 0.257. The second kappa shape index (κ2) is 10.0. The molecule has 4 rings (SSSR count). The largest absolute Gasteiger partial charge is 0.489 e. The Balaban J connectivity index is 1.33. The zero-order chi connectivity index (χ0) is 24.1. The van der Waals surface area contributed by atoms with Crippen molar-refractivity contribution in [2.45, 2.75) is 26.6 Å². The number of anilines is 1. The van der Waals surface area contributed by atoms with Crippen LogP contribution in [0.3, 0.4) is 0 Å². The molecule has 1 unspecified atom stereocenters. The van der Waals surface area contributed by atoms with Gasteiger partial charge in [-0.25, -0.2) is 9.59 Å². The number of rotatable bonds is 7. The third kappa shape index (κ3) is 5.50. The van der Waals surface area contributed by atoms with Crippen LogP contribution in [0.5, 0.6) is 5.75 Å². The van der Waals surface area contributed by atoms with Gasteiger partial charge >= 0.3 is 11.6 Å². The van der Waals surface area contributed by atoms with Crippen molar-refractivity contribution in [2.75, 3.05) is 5.32 Å². The molecule has 4 aromatic rings. The Bertz CT molecular complexity index is 1380. The van der Waals surface area contributed by atoms with E-state index >= 15 is 0 Å². The van der Waals surface area contributed by atoms with E-state index < -0.39 is 23.6 Å². The first-order valence-electron chi connectivity index (χ1n) is 10.7. The van der Waals surface area contributed by atoms with Crippen LogP contribution >= 0.6 is 0 Å². The van der Waals surface area contributed by atoms with E-state index in [2.05, 4.69) is 5.32 Å². The van der Waals surface area contributed by atoms with Gasteiger partial charge in [-0.1, -0.05) is 30.3 Å². The molecule has 34 heavy (non-hydrogen) atoms. The lowest BCUT2D eigenvalue weighted by Gasteiger charge is -2.14. The fourth-order valence-corrected chi connectivity index (χ4v) is 3.35. The molecule has 172 valence electrons. The van der Waals surface area contributed by atoms with Crippen molar-refractivity contribution in [3.05, 3.63) is 106 Å². The predicted octanol–water partition coefficient (Wildman–Crippen LogP) is 4.86. The molecule has 7 nitrogen and oxygen atoms in total. The van der Waals surface area contributed by atoms with Crippen LogP contribution in [0.4, 0.5) is 5.69 Å². The van der Waals surface area contributed by atoms with Crippen molar-refractivity contribution >= 4 is 28.5 Å². The van der Waals surface area contributed by atoms with Gasteiger partial charge in [-0.15, -0.1) is 0 Å². The molecule has 3 aromatic carbocycles. The maximum atomic E-state index is 12.4. The van der Waals surface area contributed by atoms with E-state index in [9.17, 15) is 14.4 Å². The van der Waals surface area contributed by atoms with Crippen molar-refractivity contribution in [3.8, 4) is 5.75 Å². The highest BCUT2D eigenvalue weighted by Crippen LogP contribution is 2.23. The van der Waals surface area contributed by atoms with Crippen LogP contribution in [0.1, 0.15) is 28.4 Å². The number of hydrogen-bond acceptors (Lipinski definition) is 6. The first kappa shape index (κ1) is 22.8. The first-order valence-corrected chi connectivity index (χ1v) is 10.7. The molecule has 0 radical (unpaired) electrons. The Morgan fingerprint density at radius 1 is 0.971 bits per heavy atom. The van der Waals surface area contributed by atoms with E-state index in [1.807, 2.05) is 25.1 Å². The van der Waals surface area contributed by atoms with Gasteiger partial charge in [0.05, 0.1) is 5.56 Å². The summed E-state index contributed by atoms with van der Waals surface area (Å²) in [4.78, 5) is 36.3. The maximum Gasteiger partial charge on any atom is 0.338 e. The molecule has 0 aliphatic heterocycles. The highest BCUT2D eigenvalue weighted by molar-refractivity contribution is 5.97. The van der Waals surface area contributed by atoms with Crippen molar-refractivity contribution in [1.82, 2.24) is 0 Å². The van der Waals surface area contributed by atoms with Gasteiger partial charge < -0.3 is 19.2 Å². The zero-order valence-corrected chi connectivity index (χ0v) is 18.7. The number of ether oxygens (including phenoxy) is 2. The van der Waals surface area contributed by atoms with Gasteiger partial charge in [0.2, 0.25) is 0 Å². The minimum Gasteiger partial charge on any atom is -0.489 e. The van der Waals surface area contributed by atoms with E-state index in [0.29, 0.717) is 22.6 Å². The highest BCUT2D eigenvalue weighted by atomic mass is 16.5. The summed E-state index contributed by atoms with van der Waals surface area (Å²) in [5.41, 5.74) is 2.68. The molecular weight excluding hydrogens is 434 g/mol. The van der Waals surface area contributed by atoms with Crippen molar-refractivity contribution < 1.29 is 23.5 Å². The van der Waals surface area contributed by atoms with Gasteiger partial charge in [0.1, 0.15) is 17.9 Å². The quantitative estimate of drug-likeness (QED) is 0.314. The molecule has 7 heteroatoms. The molecule has 0 bridgehead atoms. The highest BCUT2D eigenvalue weighted by Gasteiger charge is 2.19. The smallest absolute Gasteiger partial charge is 0.338 e. The molecule has 0 spiro atoms. The standard InChI is InChI=1S/C27H23NO6/c1-17-14-25(29)34-24-15-22(12-13-23(17)24)32-16-19-8-10-20(11-9-19)27(31)33-18(2)26(30)28-21-6-4-3-5-7-21/h3-15,18H,16H2,1-2H3,(H,28,30). The molecule has 1 heterocycles. The van der Waals surface area contributed by atoms with E-state index in [1.165, 1.54) is 13.0 Å². The molecule has 0 saturated carbocycles. The van der Waals surface area contributed by atoms with Crippen LogP contribution in [0.25, 0.3) is 11.0 Å². The fourth-order valence-electron chi connectivity index (χ4n) is 3.35. The Hall–Kier alpha value is -4.39. The summed E-state index contributed by atoms with van der Waals surface area (Å²) in [6.07, 6.45) is -0.952. The van der Waals surface area contributed by atoms with Crippen molar-refractivity contribution in [1.29, 1.82) is 0 Å². The SMILES string of the molecule is Cc1cc(=O)oc2cc(OCc3ccc(C(=O)OC(C)C(=O)Nc4ccccc4)cc3)ccc12. The maximum absolute atomic E-state index is 12.4. The van der Waals surface area contributed by atoms with Crippen LogP contribution in [-0.2, 0) is 16.1 Å². The van der Waals surface area contributed by atoms with Gasteiger partial charge in [-0.3, -0.25) is 4.79 Å². The first-order chi connectivity index (χ1) is 16.4. The molecule has 0 saturated heterocycles. The number of carbonyl (C=O) groups is 2. The van der Waals surface area contributed by atoms with E-state index in [1.54, 1.807) is 54.6 Å². The normalized spacial score (nSPS) is 11.6. The van der Waals surface area contributed by atoms with Crippen LogP contribution < -0.4 is 15.7 Å². The third-order valence-corrected chi connectivity index (χ3v) is 5.21. The van der Waals surface area contributed by atoms with Gasteiger partial charge in [0, 0.05) is 23.2 Å². The number of benzene rings is 3. The Morgan fingerprint density at radius 3 is 2.44 bits per heavy atom. The zero-order valence-electron chi connectivity index (χ0n) is 18.7. The van der Waals surface area contributed by atoms with E-state index in [0.717, 1.165) is 16.5 Å². The summed E-state index contributed by atoms with van der Waals surface area (Å²) >= 11 is 0. The number of esters is 1. The summed E-state index contributed by atoms with van der Waals surface area (Å²) < 4.78 is 16.3. The number of hydrogen-bond donors (Lipinski definition) is 1. The molecule has 0 aliphatic rings. The van der Waals surface area contributed by atoms with Crippen LogP contribution in [0.2, 0.25) is 0 Å². The van der Waals surface area contributed by atoms with Crippen LogP contribution in [0.15, 0.2) is 88.1 Å². The summed E-state index contributed by atoms with van der Waals surface area (Å²) in [5.74, 6) is -0.447. The Labute approximate surface area is 195 Å². The molecule has 1 aromatic heterocycles. The Kier molecular flexibility index (Phi) is 6.73. The molecule has 1 atom stereocenters. The van der Waals surface area contributed by atoms with Crippen LogP contribution in [0, 0.1) is 6.92 Å². The monoisotopic (exact) mass is 457 g/mol. The molecule has 1 amide bonds. The van der Waals surface area contributed by atoms with Gasteiger partial charge in [-0.05, 0) is 61.4 Å². The van der Waals surface area contributed by atoms with Crippen molar-refractivity contribution in [2.24, 2.45) is 0 Å². The number of carbonyl (C=O) groups excluding carboxylic acids is 2. The number of nitrogens with one attached hydrogen (secondary N) is 1. The molecule has 0 aliphatic carbocycles. The number of para-hydroxylation sites is 1. The van der Waals surface area contributed by atoms with E-state index in [4.69, 9.17) is 13.9 Å². The number of amides is 1. The minimum atomic E-state index is -0.952. The van der Waals surface area contributed by atoms with E-state index in [-0.39, 0.29) is 6.61 Å². The number of fused-ring (bicyclic) bond motifs is 1. The molecule has 0 fully saturated rings. The topological polar surface area (TPSA) is 94.8 Å². The lowest BCUT2D eigenvalue weighted by Crippen LogP contribution is -2.29. The number of aryl methyl sites for hydroxylation is 1. The van der Waals surface area contributed by atoms with Crippen molar-refractivity contribution in [3.63, 3.8) is 0 Å².